The topological polar surface area (TPSA) is 16.4 Å². The summed E-state index contributed by atoms with van der Waals surface area (Å²) in [6, 6.07) is 51.1. The third kappa shape index (κ3) is 7.16. The van der Waals surface area contributed by atoms with Crippen molar-refractivity contribution >= 4 is 34.1 Å². The normalized spacial score (nSPS) is 11.4. The third-order valence-corrected chi connectivity index (χ3v) is 11.1. The maximum Gasteiger partial charge on any atom is 0.135 e. The van der Waals surface area contributed by atoms with Gasteiger partial charge in [-0.2, -0.15) is 0 Å². The molecule has 0 aliphatic carbocycles. The number of fused-ring (bicyclic) bond motifs is 1. The zero-order chi connectivity index (χ0) is 39.8. The molecule has 0 aliphatic heterocycles. The van der Waals surface area contributed by atoms with Crippen LogP contribution in [-0.2, 0) is 0 Å². The first-order chi connectivity index (χ1) is 27.6. The fourth-order valence-corrected chi connectivity index (χ4v) is 8.89. The fraction of sp³-hybridized carbons (Fsp3) is 0.127. The first kappa shape index (κ1) is 37.3. The van der Waals surface area contributed by atoms with Crippen molar-refractivity contribution in [2.45, 2.75) is 48.5 Å². The van der Waals surface area contributed by atoms with Gasteiger partial charge in [0.15, 0.2) is 0 Å². The second kappa shape index (κ2) is 15.5. The minimum atomic E-state index is 0.869. The number of hydrogen-bond acceptors (Lipinski definition) is 2. The lowest BCUT2D eigenvalue weighted by atomic mass is 9.81. The Balaban J connectivity index is 1.48. The first-order valence-electron chi connectivity index (χ1n) is 19.8. The van der Waals surface area contributed by atoms with Gasteiger partial charge in [-0.25, -0.2) is 0 Å². The van der Waals surface area contributed by atoms with Crippen LogP contribution in [0.3, 0.4) is 0 Å². The molecule has 0 unspecified atom stereocenters. The van der Waals surface area contributed by atoms with E-state index in [1.54, 1.807) is 0 Å². The van der Waals surface area contributed by atoms with Gasteiger partial charge in [0.05, 0.1) is 0 Å². The second-order valence-corrected chi connectivity index (χ2v) is 15.4. The molecule has 1 aromatic heterocycles. The van der Waals surface area contributed by atoms with Gasteiger partial charge in [-0.1, -0.05) is 127 Å². The maximum atomic E-state index is 6.50. The quantitative estimate of drug-likeness (QED) is 0.137. The van der Waals surface area contributed by atoms with Gasteiger partial charge in [-0.3, -0.25) is 0 Å². The number of allylic oxidation sites excluding steroid dienone is 2. The Kier molecular flexibility index (Phi) is 10.1. The van der Waals surface area contributed by atoms with E-state index in [-0.39, 0.29) is 0 Å². The van der Waals surface area contributed by atoms with Crippen LogP contribution in [0, 0.1) is 48.5 Å². The Morgan fingerprint density at radius 3 is 1.51 bits per heavy atom. The summed E-state index contributed by atoms with van der Waals surface area (Å²) < 4.78 is 6.50. The van der Waals surface area contributed by atoms with Crippen LogP contribution in [0.2, 0.25) is 0 Å². The Morgan fingerprint density at radius 2 is 0.965 bits per heavy atom. The molecule has 0 radical (unpaired) electrons. The van der Waals surface area contributed by atoms with Crippen LogP contribution >= 0.6 is 0 Å². The van der Waals surface area contributed by atoms with Crippen LogP contribution in [-0.4, -0.2) is 0 Å². The van der Waals surface area contributed by atoms with Gasteiger partial charge in [0.2, 0.25) is 0 Å². The van der Waals surface area contributed by atoms with Crippen LogP contribution in [0.4, 0.5) is 17.1 Å². The smallest absolute Gasteiger partial charge is 0.135 e. The van der Waals surface area contributed by atoms with E-state index in [2.05, 4.69) is 199 Å². The molecule has 0 saturated heterocycles. The number of furan rings is 1. The van der Waals surface area contributed by atoms with Crippen molar-refractivity contribution in [3.8, 4) is 44.5 Å². The molecule has 2 heteroatoms. The molecule has 7 aromatic carbocycles. The van der Waals surface area contributed by atoms with E-state index in [4.69, 9.17) is 4.42 Å². The van der Waals surface area contributed by atoms with Gasteiger partial charge in [-0.15, -0.1) is 0 Å². The average Bonchev–Trinajstić information content (AvgIpc) is 3.51. The zero-order valence-corrected chi connectivity index (χ0v) is 34.1. The Bertz CT molecular complexity index is 2680. The van der Waals surface area contributed by atoms with Crippen LogP contribution < -0.4 is 4.90 Å². The molecule has 2 nitrogen and oxygen atoms in total. The number of nitrogens with zero attached hydrogens (tertiary/aromatic N) is 1. The molecule has 0 N–H and O–H groups in total. The van der Waals surface area contributed by atoms with Crippen LogP contribution in [0.25, 0.3) is 61.6 Å². The van der Waals surface area contributed by atoms with E-state index >= 15 is 0 Å². The average molecular weight is 740 g/mol. The van der Waals surface area contributed by atoms with Crippen molar-refractivity contribution in [3.05, 3.63) is 203 Å². The number of rotatable bonds is 9. The van der Waals surface area contributed by atoms with Gasteiger partial charge < -0.3 is 9.32 Å². The van der Waals surface area contributed by atoms with E-state index in [9.17, 15) is 0 Å². The molecule has 1 heterocycles. The molecule has 0 atom stereocenters. The second-order valence-electron chi connectivity index (χ2n) is 15.4. The fourth-order valence-electron chi connectivity index (χ4n) is 8.89. The minimum Gasteiger partial charge on any atom is -0.461 e. The summed E-state index contributed by atoms with van der Waals surface area (Å²) in [6.45, 7) is 19.3. The van der Waals surface area contributed by atoms with Crippen LogP contribution in [0.1, 0.15) is 44.7 Å². The highest BCUT2D eigenvalue weighted by atomic mass is 16.3. The minimum absolute atomic E-state index is 0.869. The molecule has 0 amide bonds. The lowest BCUT2D eigenvalue weighted by molar-refractivity contribution is 0.577. The highest BCUT2D eigenvalue weighted by Crippen LogP contribution is 2.49. The van der Waals surface area contributed by atoms with Crippen molar-refractivity contribution in [1.29, 1.82) is 0 Å². The SMILES string of the molecule is C=C/C=C\c1c(C)oc2cc(-c3c(-c4c(C)cc(C)cc4C)cc(N(c4ccccc4)c4ccc(-c5ccccc5)cc4)cc3-c3c(C)cc(C)cc3C)ccc12. The van der Waals surface area contributed by atoms with Gasteiger partial charge in [0.1, 0.15) is 11.3 Å². The molecule has 0 bridgehead atoms. The van der Waals surface area contributed by atoms with E-state index in [0.717, 1.165) is 44.9 Å². The van der Waals surface area contributed by atoms with E-state index in [1.165, 1.54) is 72.3 Å². The summed E-state index contributed by atoms with van der Waals surface area (Å²) in [7, 11) is 0. The summed E-state index contributed by atoms with van der Waals surface area (Å²) in [5.41, 5.74) is 22.3. The first-order valence-corrected chi connectivity index (χ1v) is 19.8. The standard InChI is InChI=1S/C55H49NO/c1-9-10-21-48-41(8)57-52-32-44(24-27-49(48)52)55-50(53-37(4)28-35(2)29-38(53)5)33-47(34-51(55)54-39(6)30-36(3)31-40(54)7)56(45-19-15-12-16-20-45)46-25-22-43(23-26-46)42-17-13-11-14-18-42/h9-34H,1H2,2-8H3/b21-10-. The van der Waals surface area contributed by atoms with Crippen molar-refractivity contribution < 1.29 is 4.42 Å². The molecule has 8 aromatic rings. The highest BCUT2D eigenvalue weighted by Gasteiger charge is 2.25. The van der Waals surface area contributed by atoms with Gasteiger partial charge in [0.25, 0.3) is 0 Å². The van der Waals surface area contributed by atoms with Crippen molar-refractivity contribution in [3.63, 3.8) is 0 Å². The van der Waals surface area contributed by atoms with E-state index in [0.29, 0.717) is 0 Å². The van der Waals surface area contributed by atoms with Crippen LogP contribution in [0.15, 0.2) is 163 Å². The van der Waals surface area contributed by atoms with E-state index < -0.39 is 0 Å². The molecule has 0 aliphatic rings. The molecular weight excluding hydrogens is 691 g/mol. The van der Waals surface area contributed by atoms with Crippen molar-refractivity contribution in [1.82, 2.24) is 0 Å². The molecule has 0 spiro atoms. The lowest BCUT2D eigenvalue weighted by Crippen LogP contribution is -2.11. The number of aryl methyl sites for hydroxylation is 7. The number of para-hydroxylation sites is 1. The van der Waals surface area contributed by atoms with Crippen molar-refractivity contribution in [2.75, 3.05) is 4.90 Å². The molecular formula is C55H49NO. The highest BCUT2D eigenvalue weighted by molar-refractivity contribution is 6.03. The summed E-state index contributed by atoms with van der Waals surface area (Å²) in [6.07, 6.45) is 5.86. The Morgan fingerprint density at radius 1 is 0.474 bits per heavy atom. The summed E-state index contributed by atoms with van der Waals surface area (Å²) in [5.74, 6) is 0.892. The Hall–Kier alpha value is -6.64. The largest absolute Gasteiger partial charge is 0.461 e. The predicted octanol–water partition coefficient (Wildman–Crippen LogP) is 15.9. The maximum absolute atomic E-state index is 6.50. The molecule has 0 fully saturated rings. The third-order valence-electron chi connectivity index (χ3n) is 11.1. The van der Waals surface area contributed by atoms with Crippen LogP contribution in [0.5, 0.6) is 0 Å². The summed E-state index contributed by atoms with van der Waals surface area (Å²) in [5, 5.41) is 1.09. The number of hydrogen-bond donors (Lipinski definition) is 0. The number of benzene rings is 7. The zero-order valence-electron chi connectivity index (χ0n) is 34.1. The number of anilines is 3. The van der Waals surface area contributed by atoms with Crippen molar-refractivity contribution in [2.24, 2.45) is 0 Å². The van der Waals surface area contributed by atoms with Gasteiger partial charge in [0, 0.05) is 28.0 Å². The monoisotopic (exact) mass is 739 g/mol. The summed E-state index contributed by atoms with van der Waals surface area (Å²) >= 11 is 0. The molecule has 57 heavy (non-hydrogen) atoms. The summed E-state index contributed by atoms with van der Waals surface area (Å²) in [4.78, 5) is 2.40. The van der Waals surface area contributed by atoms with E-state index in [1.807, 2.05) is 19.1 Å². The molecule has 8 rings (SSSR count). The van der Waals surface area contributed by atoms with Gasteiger partial charge in [-0.05, 0) is 164 Å². The molecule has 280 valence electrons. The Labute approximate surface area is 338 Å². The lowest BCUT2D eigenvalue weighted by Gasteiger charge is -2.29. The predicted molar refractivity (Wildman–Crippen MR) is 245 cm³/mol. The van der Waals surface area contributed by atoms with Gasteiger partial charge >= 0.3 is 0 Å². The molecule has 0 saturated carbocycles.